The predicted octanol–water partition coefficient (Wildman–Crippen LogP) is 3.93. The van der Waals surface area contributed by atoms with Crippen molar-refractivity contribution in [1.82, 2.24) is 14.7 Å². The molecule has 2 heterocycles. The van der Waals surface area contributed by atoms with Crippen LogP contribution in [0.3, 0.4) is 0 Å². The van der Waals surface area contributed by atoms with Gasteiger partial charge in [-0.05, 0) is 50.5 Å². The summed E-state index contributed by atoms with van der Waals surface area (Å²) in [5.41, 5.74) is 4.69. The highest BCUT2D eigenvalue weighted by Gasteiger charge is 2.28. The van der Waals surface area contributed by atoms with Crippen molar-refractivity contribution in [2.24, 2.45) is 0 Å². The van der Waals surface area contributed by atoms with Gasteiger partial charge in [0.15, 0.2) is 0 Å². The zero-order chi connectivity index (χ0) is 22.0. The Labute approximate surface area is 183 Å². The molecule has 6 heteroatoms. The minimum Gasteiger partial charge on any atom is -0.371 e. The number of carbonyl (C=O) groups excluding carboxylic acids is 2. The lowest BCUT2D eigenvalue weighted by molar-refractivity contribution is -0.125. The molecule has 6 nitrogen and oxygen atoms in total. The van der Waals surface area contributed by atoms with Gasteiger partial charge < -0.3 is 9.80 Å². The topological polar surface area (TPSA) is 58.4 Å². The summed E-state index contributed by atoms with van der Waals surface area (Å²) in [4.78, 5) is 30.1. The van der Waals surface area contributed by atoms with Gasteiger partial charge in [-0.3, -0.25) is 9.59 Å². The van der Waals surface area contributed by atoms with Gasteiger partial charge in [-0.25, -0.2) is 4.68 Å². The van der Waals surface area contributed by atoms with Crippen molar-refractivity contribution in [2.75, 3.05) is 25.0 Å². The van der Waals surface area contributed by atoms with Crippen molar-refractivity contribution in [3.8, 4) is 5.69 Å². The molecule has 2 aromatic carbocycles. The second kappa shape index (κ2) is 8.76. The molecule has 0 bridgehead atoms. The Morgan fingerprint density at radius 1 is 0.968 bits per heavy atom. The minimum absolute atomic E-state index is 0.383. The second-order valence-corrected chi connectivity index (χ2v) is 8.11. The van der Waals surface area contributed by atoms with E-state index in [0.717, 1.165) is 30.0 Å². The Kier molecular flexibility index (Phi) is 5.89. The van der Waals surface area contributed by atoms with Crippen LogP contribution in [-0.4, -0.2) is 46.5 Å². The molecule has 0 aliphatic carbocycles. The van der Waals surface area contributed by atoms with Crippen LogP contribution in [0.25, 0.3) is 5.69 Å². The fourth-order valence-electron chi connectivity index (χ4n) is 4.31. The minimum atomic E-state index is -0.518. The van der Waals surface area contributed by atoms with E-state index >= 15 is 0 Å². The summed E-state index contributed by atoms with van der Waals surface area (Å²) in [5, 5.41) is 4.51. The Balaban J connectivity index is 1.56. The molecule has 0 atom stereocenters. The highest BCUT2D eigenvalue weighted by atomic mass is 16.2. The number of rotatable bonds is 6. The standard InChI is InChI=1S/C25H28N4O2/c1-18-23(19(2)29(26-18)21-12-5-4-6-13-21)24(30)25(31)27(3)17-20-11-7-8-14-22(20)28-15-9-10-16-28/h4-8,11-14H,9-10,15-17H2,1-3H3. The Bertz CT molecular complexity index is 1100. The van der Waals surface area contributed by atoms with Crippen LogP contribution in [0.5, 0.6) is 0 Å². The SMILES string of the molecule is Cc1nn(-c2ccccc2)c(C)c1C(=O)C(=O)N(C)Cc1ccccc1N1CCCC1. The molecule has 0 spiro atoms. The van der Waals surface area contributed by atoms with Gasteiger partial charge in [-0.15, -0.1) is 0 Å². The maximum atomic E-state index is 13.1. The van der Waals surface area contributed by atoms with Gasteiger partial charge in [0.05, 0.1) is 22.6 Å². The third-order valence-corrected chi connectivity index (χ3v) is 5.91. The van der Waals surface area contributed by atoms with Gasteiger partial charge in [0.1, 0.15) is 0 Å². The molecule has 1 aliphatic rings. The summed E-state index contributed by atoms with van der Waals surface area (Å²) >= 11 is 0. The first-order valence-corrected chi connectivity index (χ1v) is 10.7. The van der Waals surface area contributed by atoms with Crippen LogP contribution in [0.15, 0.2) is 54.6 Å². The maximum absolute atomic E-state index is 13.1. The zero-order valence-corrected chi connectivity index (χ0v) is 18.3. The van der Waals surface area contributed by atoms with E-state index in [9.17, 15) is 9.59 Å². The quantitative estimate of drug-likeness (QED) is 0.451. The lowest BCUT2D eigenvalue weighted by Gasteiger charge is -2.24. The number of Topliss-reactive ketones (excluding diaryl/α,β-unsaturated/α-hetero) is 1. The number of hydrogen-bond donors (Lipinski definition) is 0. The van der Waals surface area contributed by atoms with E-state index in [4.69, 9.17) is 0 Å². The van der Waals surface area contributed by atoms with Crippen molar-refractivity contribution in [3.63, 3.8) is 0 Å². The highest BCUT2D eigenvalue weighted by molar-refractivity contribution is 6.43. The molecule has 0 N–H and O–H groups in total. The van der Waals surface area contributed by atoms with Gasteiger partial charge in [0.2, 0.25) is 0 Å². The second-order valence-electron chi connectivity index (χ2n) is 8.11. The molecular weight excluding hydrogens is 388 g/mol. The molecule has 31 heavy (non-hydrogen) atoms. The van der Waals surface area contributed by atoms with E-state index in [1.165, 1.54) is 17.7 Å². The number of carbonyl (C=O) groups is 2. The number of amides is 1. The summed E-state index contributed by atoms with van der Waals surface area (Å²) < 4.78 is 1.72. The monoisotopic (exact) mass is 416 g/mol. The average Bonchev–Trinajstić information content (AvgIpc) is 3.42. The van der Waals surface area contributed by atoms with Gasteiger partial charge in [-0.1, -0.05) is 36.4 Å². The number of aromatic nitrogens is 2. The molecule has 0 unspecified atom stereocenters. The molecule has 1 saturated heterocycles. The Morgan fingerprint density at radius 3 is 2.32 bits per heavy atom. The lowest BCUT2D eigenvalue weighted by Crippen LogP contribution is -2.34. The summed E-state index contributed by atoms with van der Waals surface area (Å²) in [5.74, 6) is -1.03. The largest absolute Gasteiger partial charge is 0.371 e. The van der Waals surface area contributed by atoms with E-state index < -0.39 is 11.7 Å². The summed E-state index contributed by atoms with van der Waals surface area (Å²) in [6.45, 7) is 6.06. The molecule has 1 fully saturated rings. The summed E-state index contributed by atoms with van der Waals surface area (Å²) in [6.07, 6.45) is 2.37. The van der Waals surface area contributed by atoms with Crippen LogP contribution in [0.2, 0.25) is 0 Å². The fourth-order valence-corrected chi connectivity index (χ4v) is 4.31. The predicted molar refractivity (Wildman–Crippen MR) is 122 cm³/mol. The molecule has 1 aliphatic heterocycles. The number of likely N-dealkylation sites (N-methyl/N-ethyl adjacent to an activating group) is 1. The number of anilines is 1. The number of aryl methyl sites for hydroxylation is 1. The summed E-state index contributed by atoms with van der Waals surface area (Å²) in [6, 6.07) is 17.8. The summed E-state index contributed by atoms with van der Waals surface area (Å²) in [7, 11) is 1.69. The van der Waals surface area contributed by atoms with Crippen molar-refractivity contribution < 1.29 is 9.59 Å². The number of benzene rings is 2. The third kappa shape index (κ3) is 4.10. The van der Waals surface area contributed by atoms with Crippen LogP contribution in [0, 0.1) is 13.8 Å². The molecule has 0 radical (unpaired) electrons. The molecular formula is C25H28N4O2. The van der Waals surface area contributed by atoms with E-state index in [1.807, 2.05) is 55.5 Å². The molecule has 3 aromatic rings. The first-order chi connectivity index (χ1) is 15.0. The van der Waals surface area contributed by atoms with Gasteiger partial charge in [0.25, 0.3) is 11.7 Å². The maximum Gasteiger partial charge on any atom is 0.295 e. The van der Waals surface area contributed by atoms with Crippen molar-refractivity contribution in [2.45, 2.75) is 33.2 Å². The molecule has 1 amide bonds. The fraction of sp³-hybridized carbons (Fsp3) is 0.320. The number of hydrogen-bond acceptors (Lipinski definition) is 4. The van der Waals surface area contributed by atoms with Crippen LogP contribution < -0.4 is 4.90 Å². The van der Waals surface area contributed by atoms with Gasteiger partial charge in [0, 0.05) is 32.4 Å². The molecule has 160 valence electrons. The highest BCUT2D eigenvalue weighted by Crippen LogP contribution is 2.26. The molecule has 0 saturated carbocycles. The van der Waals surface area contributed by atoms with Crippen LogP contribution >= 0.6 is 0 Å². The molecule has 4 rings (SSSR count). The number of nitrogens with zero attached hydrogens (tertiary/aromatic N) is 4. The van der Waals surface area contributed by atoms with Gasteiger partial charge in [-0.2, -0.15) is 5.10 Å². The normalized spacial score (nSPS) is 13.5. The van der Waals surface area contributed by atoms with Crippen molar-refractivity contribution in [3.05, 3.63) is 77.1 Å². The van der Waals surface area contributed by atoms with Crippen molar-refractivity contribution in [1.29, 1.82) is 0 Å². The van der Waals surface area contributed by atoms with Crippen LogP contribution in [0.4, 0.5) is 5.69 Å². The lowest BCUT2D eigenvalue weighted by atomic mass is 10.1. The van der Waals surface area contributed by atoms with Gasteiger partial charge >= 0.3 is 0 Å². The van der Waals surface area contributed by atoms with Crippen molar-refractivity contribution >= 4 is 17.4 Å². The Hall–Kier alpha value is -3.41. The first kappa shape index (κ1) is 20.8. The van der Waals surface area contributed by atoms with E-state index in [1.54, 1.807) is 18.7 Å². The number of para-hydroxylation sites is 2. The Morgan fingerprint density at radius 2 is 1.61 bits per heavy atom. The van der Waals surface area contributed by atoms with Crippen LogP contribution in [0.1, 0.15) is 40.2 Å². The van der Waals surface area contributed by atoms with E-state index in [-0.39, 0.29) is 0 Å². The van der Waals surface area contributed by atoms with E-state index in [2.05, 4.69) is 16.1 Å². The average molecular weight is 417 g/mol. The van der Waals surface area contributed by atoms with Crippen LogP contribution in [-0.2, 0) is 11.3 Å². The zero-order valence-electron chi connectivity index (χ0n) is 18.3. The number of ketones is 1. The first-order valence-electron chi connectivity index (χ1n) is 10.7. The molecule has 1 aromatic heterocycles. The van der Waals surface area contributed by atoms with E-state index in [0.29, 0.717) is 23.5 Å². The third-order valence-electron chi connectivity index (χ3n) is 5.91. The smallest absolute Gasteiger partial charge is 0.295 e.